The number of amides is 2. The van der Waals surface area contributed by atoms with Crippen LogP contribution in [0.25, 0.3) is 0 Å². The van der Waals surface area contributed by atoms with Gasteiger partial charge in [0.2, 0.25) is 21.8 Å². The molecule has 0 heterocycles. The number of carbonyl (C=O) groups is 2. The molecule has 0 spiro atoms. The summed E-state index contributed by atoms with van der Waals surface area (Å²) in [5.74, 6) is 0.384. The monoisotopic (exact) mass is 521 g/mol. The quantitative estimate of drug-likeness (QED) is 0.431. The van der Waals surface area contributed by atoms with Crippen molar-refractivity contribution in [3.8, 4) is 17.2 Å². The van der Waals surface area contributed by atoms with Crippen LogP contribution in [0.3, 0.4) is 0 Å². The van der Waals surface area contributed by atoms with Gasteiger partial charge in [0.05, 0.1) is 33.3 Å². The molecule has 36 heavy (non-hydrogen) atoms. The van der Waals surface area contributed by atoms with E-state index in [1.54, 1.807) is 44.2 Å². The number of hydrogen-bond acceptors (Lipinski definition) is 7. The van der Waals surface area contributed by atoms with Gasteiger partial charge < -0.3 is 24.4 Å². The standard InChI is InChI=1S/C25H35N3O7S/c1-7-21(25(30)26-8-2)27(16-18-10-9-11-19(14-18)33-3)24(29)17-28(36(6,31)32)22-15-20(34-4)12-13-23(22)35-5/h9-15,21H,7-8,16-17H2,1-6H3,(H,26,30). The number of carbonyl (C=O) groups excluding carboxylic acids is 2. The minimum absolute atomic E-state index is 0.0819. The molecule has 0 aliphatic heterocycles. The van der Waals surface area contributed by atoms with E-state index in [1.165, 1.54) is 32.3 Å². The van der Waals surface area contributed by atoms with E-state index in [9.17, 15) is 18.0 Å². The zero-order chi connectivity index (χ0) is 26.9. The Morgan fingerprint density at radius 2 is 1.64 bits per heavy atom. The van der Waals surface area contributed by atoms with Crippen molar-refractivity contribution in [1.29, 1.82) is 0 Å². The summed E-state index contributed by atoms with van der Waals surface area (Å²) < 4.78 is 42.5. The van der Waals surface area contributed by atoms with Crippen LogP contribution < -0.4 is 23.8 Å². The summed E-state index contributed by atoms with van der Waals surface area (Å²) in [6, 6.07) is 11.0. The van der Waals surface area contributed by atoms with Crippen LogP contribution in [0.15, 0.2) is 42.5 Å². The van der Waals surface area contributed by atoms with Crippen LogP contribution in [0.2, 0.25) is 0 Å². The number of nitrogens with one attached hydrogen (secondary N) is 1. The Morgan fingerprint density at radius 3 is 2.19 bits per heavy atom. The van der Waals surface area contributed by atoms with E-state index >= 15 is 0 Å². The number of sulfonamides is 1. The van der Waals surface area contributed by atoms with Crippen molar-refractivity contribution in [1.82, 2.24) is 10.2 Å². The van der Waals surface area contributed by atoms with E-state index in [0.29, 0.717) is 24.5 Å². The van der Waals surface area contributed by atoms with Gasteiger partial charge in [-0.25, -0.2) is 8.42 Å². The summed E-state index contributed by atoms with van der Waals surface area (Å²) >= 11 is 0. The largest absolute Gasteiger partial charge is 0.497 e. The third-order valence-corrected chi connectivity index (χ3v) is 6.68. The lowest BCUT2D eigenvalue weighted by atomic mass is 10.1. The Hall–Kier alpha value is -3.47. The summed E-state index contributed by atoms with van der Waals surface area (Å²) in [5.41, 5.74) is 0.885. The number of anilines is 1. The molecule has 0 aliphatic carbocycles. The Morgan fingerprint density at radius 1 is 0.972 bits per heavy atom. The number of methoxy groups -OCH3 is 3. The molecular weight excluding hydrogens is 486 g/mol. The van der Waals surface area contributed by atoms with E-state index < -0.39 is 28.5 Å². The maximum absolute atomic E-state index is 13.7. The summed E-state index contributed by atoms with van der Waals surface area (Å²) in [6.45, 7) is 3.53. The minimum Gasteiger partial charge on any atom is -0.497 e. The highest BCUT2D eigenvalue weighted by molar-refractivity contribution is 7.92. The molecule has 11 heteroatoms. The minimum atomic E-state index is -3.92. The van der Waals surface area contributed by atoms with E-state index in [2.05, 4.69) is 5.32 Å². The second kappa shape index (κ2) is 13.0. The fourth-order valence-electron chi connectivity index (χ4n) is 3.77. The van der Waals surface area contributed by atoms with Gasteiger partial charge in [-0.05, 0) is 43.2 Å². The molecule has 2 aromatic rings. The first-order valence-electron chi connectivity index (χ1n) is 11.5. The van der Waals surface area contributed by atoms with Crippen molar-refractivity contribution >= 4 is 27.5 Å². The maximum Gasteiger partial charge on any atom is 0.244 e. The molecule has 198 valence electrons. The van der Waals surface area contributed by atoms with Crippen molar-refractivity contribution in [2.45, 2.75) is 32.9 Å². The third kappa shape index (κ3) is 7.27. The zero-order valence-electron chi connectivity index (χ0n) is 21.6. The zero-order valence-corrected chi connectivity index (χ0v) is 22.4. The van der Waals surface area contributed by atoms with Crippen LogP contribution in [-0.4, -0.2) is 71.8 Å². The molecule has 2 rings (SSSR count). The van der Waals surface area contributed by atoms with E-state index in [0.717, 1.165) is 16.1 Å². The molecule has 10 nitrogen and oxygen atoms in total. The average Bonchev–Trinajstić information content (AvgIpc) is 2.86. The summed E-state index contributed by atoms with van der Waals surface area (Å²) in [6.07, 6.45) is 1.34. The van der Waals surface area contributed by atoms with Gasteiger partial charge >= 0.3 is 0 Å². The lowest BCUT2D eigenvalue weighted by molar-refractivity contribution is -0.140. The van der Waals surface area contributed by atoms with Crippen molar-refractivity contribution in [2.24, 2.45) is 0 Å². The van der Waals surface area contributed by atoms with Crippen LogP contribution in [0.4, 0.5) is 5.69 Å². The first kappa shape index (κ1) is 28.8. The number of likely N-dealkylation sites (N-methyl/N-ethyl adjacent to an activating group) is 1. The normalized spacial score (nSPS) is 11.8. The molecule has 0 bridgehead atoms. The predicted octanol–water partition coefficient (Wildman–Crippen LogP) is 2.42. The van der Waals surface area contributed by atoms with E-state index in [4.69, 9.17) is 14.2 Å². The summed E-state index contributed by atoms with van der Waals surface area (Å²) in [4.78, 5) is 28.0. The molecule has 1 atom stereocenters. The fraction of sp³-hybridized carbons (Fsp3) is 0.440. The number of rotatable bonds is 13. The molecule has 1 unspecified atom stereocenters. The lowest BCUT2D eigenvalue weighted by Crippen LogP contribution is -2.52. The van der Waals surface area contributed by atoms with Crippen LogP contribution in [0.5, 0.6) is 17.2 Å². The molecular formula is C25H35N3O7S. The average molecular weight is 522 g/mol. The molecule has 0 saturated heterocycles. The SMILES string of the molecule is CCNC(=O)C(CC)N(Cc1cccc(OC)c1)C(=O)CN(c1cc(OC)ccc1OC)S(C)(=O)=O. The molecule has 0 aromatic heterocycles. The van der Waals surface area contributed by atoms with E-state index in [1.807, 2.05) is 6.07 Å². The second-order valence-electron chi connectivity index (χ2n) is 8.00. The number of ether oxygens (including phenoxy) is 3. The van der Waals surface area contributed by atoms with E-state index in [-0.39, 0.29) is 23.9 Å². The van der Waals surface area contributed by atoms with Crippen LogP contribution in [0.1, 0.15) is 25.8 Å². The summed E-state index contributed by atoms with van der Waals surface area (Å²) in [7, 11) is 0.480. The second-order valence-corrected chi connectivity index (χ2v) is 9.91. The van der Waals surface area contributed by atoms with Crippen molar-refractivity contribution in [2.75, 3.05) is 45.0 Å². The maximum atomic E-state index is 13.7. The molecule has 0 saturated carbocycles. The van der Waals surface area contributed by atoms with Gasteiger partial charge in [0.15, 0.2) is 0 Å². The molecule has 0 aliphatic rings. The third-order valence-electron chi connectivity index (χ3n) is 5.56. The summed E-state index contributed by atoms with van der Waals surface area (Å²) in [5, 5.41) is 2.76. The molecule has 2 aromatic carbocycles. The number of benzene rings is 2. The Bertz CT molecular complexity index is 1150. The van der Waals surface area contributed by atoms with Crippen molar-refractivity contribution in [3.63, 3.8) is 0 Å². The molecule has 0 fully saturated rings. The van der Waals surface area contributed by atoms with Gasteiger partial charge in [-0.3, -0.25) is 13.9 Å². The molecule has 0 radical (unpaired) electrons. The topological polar surface area (TPSA) is 114 Å². The predicted molar refractivity (Wildman–Crippen MR) is 138 cm³/mol. The highest BCUT2D eigenvalue weighted by atomic mass is 32.2. The Kier molecular flexibility index (Phi) is 10.4. The molecule has 2 amide bonds. The molecule has 1 N–H and O–H groups in total. The number of hydrogen-bond donors (Lipinski definition) is 1. The van der Waals surface area contributed by atoms with Crippen LogP contribution in [0, 0.1) is 0 Å². The fourth-order valence-corrected chi connectivity index (χ4v) is 4.61. The Labute approximate surface area is 213 Å². The van der Waals surface area contributed by atoms with Crippen LogP contribution >= 0.6 is 0 Å². The van der Waals surface area contributed by atoms with Gasteiger partial charge in [-0.15, -0.1) is 0 Å². The first-order chi connectivity index (χ1) is 17.1. The highest BCUT2D eigenvalue weighted by Gasteiger charge is 2.32. The lowest BCUT2D eigenvalue weighted by Gasteiger charge is -2.33. The van der Waals surface area contributed by atoms with Gasteiger partial charge in [0, 0.05) is 19.2 Å². The van der Waals surface area contributed by atoms with Gasteiger partial charge in [0.1, 0.15) is 29.8 Å². The first-order valence-corrected chi connectivity index (χ1v) is 13.3. The highest BCUT2D eigenvalue weighted by Crippen LogP contribution is 2.34. The van der Waals surface area contributed by atoms with Gasteiger partial charge in [-0.1, -0.05) is 19.1 Å². The number of nitrogens with zero attached hydrogens (tertiary/aromatic N) is 2. The van der Waals surface area contributed by atoms with Gasteiger partial charge in [-0.2, -0.15) is 0 Å². The van der Waals surface area contributed by atoms with Crippen LogP contribution in [-0.2, 0) is 26.2 Å². The van der Waals surface area contributed by atoms with Crippen molar-refractivity contribution in [3.05, 3.63) is 48.0 Å². The Balaban J connectivity index is 2.53. The van der Waals surface area contributed by atoms with Gasteiger partial charge in [0.25, 0.3) is 0 Å². The van der Waals surface area contributed by atoms with Crippen molar-refractivity contribution < 1.29 is 32.2 Å². The smallest absolute Gasteiger partial charge is 0.244 e.